The first-order chi connectivity index (χ1) is 9.87. The summed E-state index contributed by atoms with van der Waals surface area (Å²) in [4.78, 5) is 1.49. The van der Waals surface area contributed by atoms with Crippen LogP contribution in [0, 0.1) is 11.6 Å². The summed E-state index contributed by atoms with van der Waals surface area (Å²) < 4.78 is 53.9. The lowest BCUT2D eigenvalue weighted by Crippen LogP contribution is -2.37. The van der Waals surface area contributed by atoms with Crippen molar-refractivity contribution >= 4 is 15.7 Å². The fraction of sp³-hybridized carbons (Fsp3) is 0.538. The van der Waals surface area contributed by atoms with E-state index >= 15 is 0 Å². The van der Waals surface area contributed by atoms with Gasteiger partial charge in [0.1, 0.15) is 4.90 Å². The molecular formula is C13H17F2N3O2S. The highest BCUT2D eigenvalue weighted by Gasteiger charge is 2.36. The Kier molecular flexibility index (Phi) is 3.62. The summed E-state index contributed by atoms with van der Waals surface area (Å²) in [5, 5.41) is 0. The number of nitrogens with two attached hydrogens (primary N) is 1. The molecule has 1 saturated carbocycles. The van der Waals surface area contributed by atoms with Crippen molar-refractivity contribution in [2.75, 3.05) is 18.8 Å². The van der Waals surface area contributed by atoms with E-state index in [0.29, 0.717) is 19.0 Å². The first-order valence-corrected chi connectivity index (χ1v) is 8.36. The second kappa shape index (κ2) is 5.19. The number of halogens is 2. The van der Waals surface area contributed by atoms with Crippen LogP contribution in [-0.2, 0) is 10.0 Å². The molecule has 0 bridgehead atoms. The zero-order chi connectivity index (χ0) is 15.2. The van der Waals surface area contributed by atoms with E-state index in [2.05, 4.69) is 9.62 Å². The molecule has 1 atom stereocenters. The van der Waals surface area contributed by atoms with E-state index < -0.39 is 26.6 Å². The minimum atomic E-state index is -4.12. The molecule has 1 aliphatic carbocycles. The summed E-state index contributed by atoms with van der Waals surface area (Å²) in [6.07, 6.45) is 2.96. The first kappa shape index (κ1) is 14.7. The topological polar surface area (TPSA) is 75.4 Å². The first-order valence-electron chi connectivity index (χ1n) is 6.88. The van der Waals surface area contributed by atoms with E-state index in [0.717, 1.165) is 31.5 Å². The lowest BCUT2D eigenvalue weighted by Gasteiger charge is -2.16. The van der Waals surface area contributed by atoms with E-state index in [4.69, 9.17) is 5.73 Å². The number of nitrogens with one attached hydrogen (secondary N) is 1. The molecule has 1 aliphatic heterocycles. The van der Waals surface area contributed by atoms with E-state index in [9.17, 15) is 17.2 Å². The third kappa shape index (κ3) is 3.02. The van der Waals surface area contributed by atoms with Crippen molar-refractivity contribution in [2.45, 2.75) is 36.2 Å². The van der Waals surface area contributed by atoms with Gasteiger partial charge in [-0.05, 0) is 31.4 Å². The molecule has 21 heavy (non-hydrogen) atoms. The van der Waals surface area contributed by atoms with Gasteiger partial charge in [-0.15, -0.1) is 0 Å². The fourth-order valence-corrected chi connectivity index (χ4v) is 4.10. The van der Waals surface area contributed by atoms with Gasteiger partial charge < -0.3 is 5.73 Å². The van der Waals surface area contributed by atoms with Crippen molar-refractivity contribution in [1.82, 2.24) is 9.62 Å². The number of benzene rings is 1. The molecule has 8 heteroatoms. The van der Waals surface area contributed by atoms with Crippen LogP contribution in [0.15, 0.2) is 17.0 Å². The largest absolute Gasteiger partial charge is 0.399 e. The molecule has 1 unspecified atom stereocenters. The highest BCUT2D eigenvalue weighted by molar-refractivity contribution is 7.89. The van der Waals surface area contributed by atoms with Crippen LogP contribution < -0.4 is 10.5 Å². The number of nitrogen functional groups attached to an aromatic ring is 1. The summed E-state index contributed by atoms with van der Waals surface area (Å²) in [7, 11) is -4.12. The average molecular weight is 317 g/mol. The molecule has 3 N–H and O–H groups in total. The van der Waals surface area contributed by atoms with E-state index in [1.807, 2.05) is 0 Å². The van der Waals surface area contributed by atoms with E-state index in [-0.39, 0.29) is 11.7 Å². The fourth-order valence-electron chi connectivity index (χ4n) is 2.72. The Balaban J connectivity index is 1.78. The lowest BCUT2D eigenvalue weighted by atomic mass is 10.3. The minimum absolute atomic E-state index is 0.125. The number of hydrogen-bond donors (Lipinski definition) is 2. The Bertz CT molecular complexity index is 662. The number of nitrogens with zero attached hydrogens (tertiary/aromatic N) is 1. The van der Waals surface area contributed by atoms with Crippen LogP contribution in [0.5, 0.6) is 0 Å². The van der Waals surface area contributed by atoms with Crippen LogP contribution in [0.2, 0.25) is 0 Å². The van der Waals surface area contributed by atoms with Gasteiger partial charge in [0.15, 0.2) is 11.6 Å². The van der Waals surface area contributed by atoms with Gasteiger partial charge in [-0.25, -0.2) is 21.9 Å². The number of sulfonamides is 1. The van der Waals surface area contributed by atoms with Crippen molar-refractivity contribution in [3.63, 3.8) is 0 Å². The summed E-state index contributed by atoms with van der Waals surface area (Å²) in [6, 6.07) is 1.98. The predicted octanol–water partition coefficient (Wildman–Crippen LogP) is 1.06. The Morgan fingerprint density at radius 3 is 2.62 bits per heavy atom. The lowest BCUT2D eigenvalue weighted by molar-refractivity contribution is 0.322. The molecule has 2 aliphatic rings. The van der Waals surface area contributed by atoms with Crippen LogP contribution >= 0.6 is 0 Å². The van der Waals surface area contributed by atoms with Gasteiger partial charge in [-0.1, -0.05) is 0 Å². The number of anilines is 1. The van der Waals surface area contributed by atoms with E-state index in [1.54, 1.807) is 0 Å². The molecule has 1 heterocycles. The van der Waals surface area contributed by atoms with E-state index in [1.165, 1.54) is 0 Å². The summed E-state index contributed by atoms with van der Waals surface area (Å²) >= 11 is 0. The molecule has 1 aromatic carbocycles. The van der Waals surface area contributed by atoms with Crippen LogP contribution in [0.4, 0.5) is 14.5 Å². The Morgan fingerprint density at radius 2 is 1.95 bits per heavy atom. The molecule has 0 radical (unpaired) electrons. The molecule has 0 amide bonds. The summed E-state index contributed by atoms with van der Waals surface area (Å²) in [5.74, 6) is -2.66. The second-order valence-corrected chi connectivity index (χ2v) is 7.33. The quantitative estimate of drug-likeness (QED) is 0.814. The minimum Gasteiger partial charge on any atom is -0.399 e. The molecule has 1 saturated heterocycles. The molecular weight excluding hydrogens is 300 g/mol. The normalized spacial score (nSPS) is 23.6. The molecule has 3 rings (SSSR count). The summed E-state index contributed by atoms with van der Waals surface area (Å²) in [6.45, 7) is 1.43. The maximum Gasteiger partial charge on any atom is 0.243 e. The van der Waals surface area contributed by atoms with Crippen LogP contribution in [0.25, 0.3) is 0 Å². The highest BCUT2D eigenvalue weighted by atomic mass is 32.2. The highest BCUT2D eigenvalue weighted by Crippen LogP contribution is 2.30. The average Bonchev–Trinajstić information content (AvgIpc) is 3.15. The Labute approximate surface area is 122 Å². The summed E-state index contributed by atoms with van der Waals surface area (Å²) in [5.41, 5.74) is 5.27. The number of likely N-dealkylation sites (tertiary alicyclic amines) is 1. The van der Waals surface area contributed by atoms with Gasteiger partial charge >= 0.3 is 0 Å². The van der Waals surface area contributed by atoms with Crippen molar-refractivity contribution in [2.24, 2.45) is 0 Å². The maximum absolute atomic E-state index is 13.7. The molecule has 116 valence electrons. The Morgan fingerprint density at radius 1 is 1.24 bits per heavy atom. The third-order valence-corrected chi connectivity index (χ3v) is 5.43. The van der Waals surface area contributed by atoms with Gasteiger partial charge in [0.2, 0.25) is 10.0 Å². The number of rotatable bonds is 4. The number of hydrogen-bond acceptors (Lipinski definition) is 4. The van der Waals surface area contributed by atoms with Crippen LogP contribution in [0.1, 0.15) is 19.3 Å². The van der Waals surface area contributed by atoms with Gasteiger partial charge in [0, 0.05) is 30.9 Å². The zero-order valence-corrected chi connectivity index (χ0v) is 12.2. The molecule has 0 spiro atoms. The maximum atomic E-state index is 13.7. The molecule has 1 aromatic rings. The standard InChI is InChI=1S/C13H17F2N3O2S/c14-11-5-8(16)6-12(13(11)15)21(19,20)17-9-3-4-18(7-9)10-1-2-10/h5-6,9-10,17H,1-4,7,16H2. The third-order valence-electron chi connectivity index (χ3n) is 3.91. The SMILES string of the molecule is Nc1cc(F)c(F)c(S(=O)(=O)NC2CCN(C3CC3)C2)c1. The molecule has 2 fully saturated rings. The van der Waals surface area contributed by atoms with Crippen molar-refractivity contribution in [3.05, 3.63) is 23.8 Å². The van der Waals surface area contributed by atoms with Crippen LogP contribution in [-0.4, -0.2) is 38.5 Å². The van der Waals surface area contributed by atoms with Gasteiger partial charge in [-0.3, -0.25) is 4.90 Å². The van der Waals surface area contributed by atoms with Gasteiger partial charge in [0.25, 0.3) is 0 Å². The monoisotopic (exact) mass is 317 g/mol. The van der Waals surface area contributed by atoms with Gasteiger partial charge in [0.05, 0.1) is 0 Å². The zero-order valence-electron chi connectivity index (χ0n) is 11.4. The smallest absolute Gasteiger partial charge is 0.243 e. The predicted molar refractivity (Wildman–Crippen MR) is 74.1 cm³/mol. The van der Waals surface area contributed by atoms with Crippen molar-refractivity contribution < 1.29 is 17.2 Å². The van der Waals surface area contributed by atoms with Crippen LogP contribution in [0.3, 0.4) is 0 Å². The van der Waals surface area contributed by atoms with Crippen molar-refractivity contribution in [3.8, 4) is 0 Å². The van der Waals surface area contributed by atoms with Gasteiger partial charge in [-0.2, -0.15) is 0 Å². The molecule has 0 aromatic heterocycles. The van der Waals surface area contributed by atoms with Crippen molar-refractivity contribution in [1.29, 1.82) is 0 Å². The Hall–Kier alpha value is -1.25. The molecule has 5 nitrogen and oxygen atoms in total. The second-order valence-electron chi connectivity index (χ2n) is 5.65.